The third kappa shape index (κ3) is 2.08. The van der Waals surface area contributed by atoms with Crippen LogP contribution in [0.3, 0.4) is 0 Å². The second-order valence-corrected chi connectivity index (χ2v) is 4.88. The Morgan fingerprint density at radius 3 is 2.71 bits per heavy atom. The van der Waals surface area contributed by atoms with Crippen molar-refractivity contribution in [3.63, 3.8) is 0 Å². The smallest absolute Gasteiger partial charge is 0.217 e. The van der Waals surface area contributed by atoms with E-state index in [1.807, 2.05) is 26.0 Å². The molecular weight excluding hydrogens is 238 g/mol. The van der Waals surface area contributed by atoms with Gasteiger partial charge >= 0.3 is 0 Å². The summed E-state index contributed by atoms with van der Waals surface area (Å²) in [6, 6.07) is 7.17. The predicted molar refractivity (Wildman–Crippen MR) is 68.7 cm³/mol. The molecule has 17 heavy (non-hydrogen) atoms. The minimum absolute atomic E-state index is 0.0905. The number of likely N-dealkylation sites (N-methyl/N-ethyl adjacent to an activating group) is 1. The number of fused-ring (bicyclic) bond motifs is 1. The van der Waals surface area contributed by atoms with Gasteiger partial charge < -0.3 is 9.73 Å². The molecule has 90 valence electrons. The van der Waals surface area contributed by atoms with Gasteiger partial charge in [-0.3, -0.25) is 4.79 Å². The first-order valence-electron chi connectivity index (χ1n) is 5.37. The summed E-state index contributed by atoms with van der Waals surface area (Å²) >= 11 is 6.00. The normalized spacial score (nSPS) is 12.0. The number of para-hydroxylation sites is 1. The van der Waals surface area contributed by atoms with Gasteiger partial charge in [0.15, 0.2) is 11.3 Å². The molecule has 0 aliphatic rings. The number of rotatable bonds is 3. The van der Waals surface area contributed by atoms with E-state index >= 15 is 0 Å². The summed E-state index contributed by atoms with van der Waals surface area (Å²) in [5.41, 5.74) is -0.0928. The number of benzene rings is 1. The van der Waals surface area contributed by atoms with Crippen LogP contribution in [0.2, 0.25) is 5.02 Å². The monoisotopic (exact) mass is 251 g/mol. The number of nitrogens with one attached hydrogen (secondary N) is 1. The fourth-order valence-electron chi connectivity index (χ4n) is 1.56. The largest absolute Gasteiger partial charge is 0.451 e. The van der Waals surface area contributed by atoms with Gasteiger partial charge in [-0.2, -0.15) is 0 Å². The summed E-state index contributed by atoms with van der Waals surface area (Å²) < 4.78 is 5.53. The molecule has 0 aliphatic heterocycles. The summed E-state index contributed by atoms with van der Waals surface area (Å²) in [5, 5.41) is 4.31. The van der Waals surface area contributed by atoms with Crippen molar-refractivity contribution >= 4 is 28.4 Å². The van der Waals surface area contributed by atoms with Crippen molar-refractivity contribution in [3.8, 4) is 0 Å². The number of furan rings is 1. The summed E-state index contributed by atoms with van der Waals surface area (Å²) in [7, 11) is 1.74. The van der Waals surface area contributed by atoms with Gasteiger partial charge in [-0.25, -0.2) is 0 Å². The first-order valence-corrected chi connectivity index (χ1v) is 5.75. The second kappa shape index (κ2) is 4.17. The van der Waals surface area contributed by atoms with E-state index in [1.54, 1.807) is 19.2 Å². The maximum absolute atomic E-state index is 12.2. The number of hydrogen-bond donors (Lipinski definition) is 1. The number of halogens is 1. The molecule has 3 nitrogen and oxygen atoms in total. The molecule has 4 heteroatoms. The van der Waals surface area contributed by atoms with Crippen LogP contribution in [0, 0.1) is 0 Å². The molecule has 0 spiro atoms. The van der Waals surface area contributed by atoms with E-state index in [0.717, 1.165) is 5.39 Å². The minimum atomic E-state index is -0.652. The lowest BCUT2D eigenvalue weighted by Gasteiger charge is -2.20. The van der Waals surface area contributed by atoms with Crippen molar-refractivity contribution in [2.45, 2.75) is 19.4 Å². The highest BCUT2D eigenvalue weighted by Crippen LogP contribution is 2.28. The van der Waals surface area contributed by atoms with Crippen molar-refractivity contribution < 1.29 is 9.21 Å². The Hall–Kier alpha value is -1.32. The minimum Gasteiger partial charge on any atom is -0.451 e. The van der Waals surface area contributed by atoms with Crippen LogP contribution in [0.4, 0.5) is 0 Å². The number of carbonyl (C=O) groups excluding carboxylic acids is 1. The van der Waals surface area contributed by atoms with Crippen LogP contribution in [0.25, 0.3) is 11.0 Å². The summed E-state index contributed by atoms with van der Waals surface area (Å²) in [5.74, 6) is 0.236. The molecule has 0 aliphatic carbocycles. The maximum Gasteiger partial charge on any atom is 0.217 e. The van der Waals surface area contributed by atoms with Gasteiger partial charge in [0, 0.05) is 5.39 Å². The Bertz CT molecular complexity index is 572. The van der Waals surface area contributed by atoms with Crippen LogP contribution in [0.1, 0.15) is 24.4 Å². The third-order valence-corrected chi connectivity index (χ3v) is 3.21. The third-order valence-electron chi connectivity index (χ3n) is 2.91. The van der Waals surface area contributed by atoms with Crippen molar-refractivity contribution in [3.05, 3.63) is 35.0 Å². The Kier molecular flexibility index (Phi) is 2.98. The van der Waals surface area contributed by atoms with Crippen molar-refractivity contribution in [1.82, 2.24) is 5.32 Å². The lowest BCUT2D eigenvalue weighted by Crippen LogP contribution is -2.44. The van der Waals surface area contributed by atoms with E-state index in [4.69, 9.17) is 16.0 Å². The van der Waals surface area contributed by atoms with Crippen LogP contribution in [-0.2, 0) is 0 Å². The molecular formula is C13H14ClNO2. The maximum atomic E-state index is 12.2. The lowest BCUT2D eigenvalue weighted by molar-refractivity contribution is 0.0863. The van der Waals surface area contributed by atoms with Gasteiger partial charge in [0.05, 0.1) is 10.6 Å². The van der Waals surface area contributed by atoms with Crippen molar-refractivity contribution in [2.24, 2.45) is 0 Å². The quantitative estimate of drug-likeness (QED) is 0.852. The molecule has 0 amide bonds. The zero-order valence-electron chi connectivity index (χ0n) is 10.0. The van der Waals surface area contributed by atoms with Crippen LogP contribution < -0.4 is 5.32 Å². The summed E-state index contributed by atoms with van der Waals surface area (Å²) in [6.07, 6.45) is 0. The van der Waals surface area contributed by atoms with Crippen LogP contribution in [-0.4, -0.2) is 18.4 Å². The molecule has 0 unspecified atom stereocenters. The van der Waals surface area contributed by atoms with Crippen LogP contribution >= 0.6 is 11.6 Å². The lowest BCUT2D eigenvalue weighted by atomic mass is 9.97. The first kappa shape index (κ1) is 12.1. The van der Waals surface area contributed by atoms with Crippen LogP contribution in [0.5, 0.6) is 0 Å². The van der Waals surface area contributed by atoms with Crippen molar-refractivity contribution in [1.29, 1.82) is 0 Å². The van der Waals surface area contributed by atoms with Crippen molar-refractivity contribution in [2.75, 3.05) is 7.05 Å². The molecule has 1 heterocycles. The number of carbonyl (C=O) groups is 1. The number of ketones is 1. The zero-order valence-corrected chi connectivity index (χ0v) is 10.8. The van der Waals surface area contributed by atoms with E-state index < -0.39 is 5.54 Å². The van der Waals surface area contributed by atoms with E-state index in [1.165, 1.54) is 0 Å². The average Bonchev–Trinajstić information content (AvgIpc) is 2.73. The Morgan fingerprint density at radius 1 is 1.41 bits per heavy atom. The van der Waals surface area contributed by atoms with Gasteiger partial charge in [-0.15, -0.1) is 0 Å². The number of hydrogen-bond acceptors (Lipinski definition) is 3. The van der Waals surface area contributed by atoms with Crippen LogP contribution in [0.15, 0.2) is 28.7 Å². The van der Waals surface area contributed by atoms with Gasteiger partial charge in [0.1, 0.15) is 0 Å². The molecule has 2 aromatic rings. The van der Waals surface area contributed by atoms with Gasteiger partial charge in [0.2, 0.25) is 5.78 Å². The molecule has 1 aromatic heterocycles. The fraction of sp³-hybridized carbons (Fsp3) is 0.308. The molecule has 2 rings (SSSR count). The number of Topliss-reactive ketones (excluding diaryl/α,β-unsaturated/α-hetero) is 1. The Morgan fingerprint density at radius 2 is 2.12 bits per heavy atom. The average molecular weight is 252 g/mol. The Labute approximate surface area is 105 Å². The topological polar surface area (TPSA) is 42.2 Å². The van der Waals surface area contributed by atoms with Gasteiger partial charge in [-0.1, -0.05) is 23.7 Å². The van der Waals surface area contributed by atoms with Gasteiger partial charge in [0.25, 0.3) is 0 Å². The second-order valence-electron chi connectivity index (χ2n) is 4.47. The van der Waals surface area contributed by atoms with Gasteiger partial charge in [-0.05, 0) is 33.0 Å². The standard InChI is InChI=1S/C13H14ClNO2/c1-13(2,15-3)12(16)10-7-8-5-4-6-9(14)11(8)17-10/h4-7,15H,1-3H3. The highest BCUT2D eigenvalue weighted by molar-refractivity contribution is 6.34. The highest BCUT2D eigenvalue weighted by atomic mass is 35.5. The van der Waals surface area contributed by atoms with E-state index in [0.29, 0.717) is 16.4 Å². The highest BCUT2D eigenvalue weighted by Gasteiger charge is 2.29. The summed E-state index contributed by atoms with van der Waals surface area (Å²) in [6.45, 7) is 3.62. The molecule has 0 saturated heterocycles. The molecule has 0 fully saturated rings. The molecule has 0 bridgehead atoms. The SMILES string of the molecule is CNC(C)(C)C(=O)c1cc2cccc(Cl)c2o1. The molecule has 1 aromatic carbocycles. The fourth-order valence-corrected chi connectivity index (χ4v) is 1.78. The molecule has 0 saturated carbocycles. The van der Waals surface area contributed by atoms with E-state index in [2.05, 4.69) is 5.32 Å². The predicted octanol–water partition coefficient (Wildman–Crippen LogP) is 3.27. The Balaban J connectivity index is 2.51. The molecule has 1 N–H and O–H groups in total. The summed E-state index contributed by atoms with van der Waals surface area (Å²) in [4.78, 5) is 12.2. The molecule has 0 radical (unpaired) electrons. The zero-order chi connectivity index (χ0) is 12.6. The molecule has 0 atom stereocenters. The first-order chi connectivity index (χ1) is 7.95. The van der Waals surface area contributed by atoms with E-state index in [9.17, 15) is 4.79 Å². The van der Waals surface area contributed by atoms with E-state index in [-0.39, 0.29) is 5.78 Å².